The van der Waals surface area contributed by atoms with Gasteiger partial charge in [0.1, 0.15) is 5.01 Å². The average Bonchev–Trinajstić information content (AvgIpc) is 3.21. The molecule has 0 spiro atoms. The normalized spacial score (nSPS) is 18.5. The summed E-state index contributed by atoms with van der Waals surface area (Å²) in [7, 11) is 0. The molecule has 23 heavy (non-hydrogen) atoms. The monoisotopic (exact) mass is 343 g/mol. The summed E-state index contributed by atoms with van der Waals surface area (Å²) in [4.78, 5) is 21.2. The molecule has 1 saturated heterocycles. The second kappa shape index (κ2) is 6.03. The van der Waals surface area contributed by atoms with E-state index in [1.54, 1.807) is 22.7 Å². The molecule has 4 nitrogen and oxygen atoms in total. The summed E-state index contributed by atoms with van der Waals surface area (Å²) < 4.78 is 1.18. The van der Waals surface area contributed by atoms with Gasteiger partial charge in [0, 0.05) is 25.7 Å². The predicted molar refractivity (Wildman–Crippen MR) is 96.3 cm³/mol. The topological polar surface area (TPSA) is 45.2 Å². The summed E-state index contributed by atoms with van der Waals surface area (Å²) >= 11 is 3.22. The maximum absolute atomic E-state index is 12.7. The van der Waals surface area contributed by atoms with Gasteiger partial charge in [0.15, 0.2) is 0 Å². The predicted octanol–water partition coefficient (Wildman–Crippen LogP) is 3.46. The number of nitrogens with one attached hydrogen (secondary N) is 1. The van der Waals surface area contributed by atoms with E-state index in [1.807, 2.05) is 35.2 Å². The fourth-order valence-corrected chi connectivity index (χ4v) is 4.81. The molecular weight excluding hydrogens is 326 g/mol. The molecule has 1 amide bonds. The lowest BCUT2D eigenvalue weighted by atomic mass is 10.2. The number of piperazine rings is 1. The third-order valence-electron chi connectivity index (χ3n) is 4.08. The van der Waals surface area contributed by atoms with Crippen LogP contribution in [-0.4, -0.2) is 41.5 Å². The van der Waals surface area contributed by atoms with Crippen LogP contribution in [0.1, 0.15) is 16.6 Å². The van der Waals surface area contributed by atoms with Crippen molar-refractivity contribution >= 4 is 38.8 Å². The number of aromatic nitrogens is 1. The Bertz CT molecular complexity index is 821. The first-order chi connectivity index (χ1) is 11.2. The SMILES string of the molecule is C[C@@H]1CNCCN1C(=O)c1ccc(-c2nc3ccccc3s2)s1. The molecule has 0 radical (unpaired) electrons. The largest absolute Gasteiger partial charge is 0.333 e. The number of hydrogen-bond donors (Lipinski definition) is 1. The zero-order valence-electron chi connectivity index (χ0n) is 12.8. The molecule has 1 atom stereocenters. The summed E-state index contributed by atoms with van der Waals surface area (Å²) in [6.45, 7) is 4.59. The van der Waals surface area contributed by atoms with Crippen molar-refractivity contribution in [1.29, 1.82) is 0 Å². The van der Waals surface area contributed by atoms with Crippen molar-refractivity contribution in [3.63, 3.8) is 0 Å². The van der Waals surface area contributed by atoms with E-state index in [1.165, 1.54) is 4.70 Å². The van der Waals surface area contributed by atoms with Gasteiger partial charge in [0.25, 0.3) is 5.91 Å². The molecule has 6 heteroatoms. The van der Waals surface area contributed by atoms with Crippen molar-refractivity contribution in [3.8, 4) is 9.88 Å². The second-order valence-electron chi connectivity index (χ2n) is 5.70. The number of fused-ring (bicyclic) bond motifs is 1. The molecule has 4 rings (SSSR count). The number of benzene rings is 1. The standard InChI is InChI=1S/C17H17N3OS2/c1-11-10-18-8-9-20(11)17(21)15-7-6-14(22-15)16-19-12-4-2-3-5-13(12)23-16/h2-7,11,18H,8-10H2,1H3/t11-/m1/s1. The molecule has 1 aliphatic rings. The van der Waals surface area contributed by atoms with Crippen molar-refractivity contribution in [2.75, 3.05) is 19.6 Å². The van der Waals surface area contributed by atoms with Gasteiger partial charge in [0.05, 0.1) is 20.0 Å². The Morgan fingerprint density at radius 3 is 2.96 bits per heavy atom. The quantitative estimate of drug-likeness (QED) is 0.775. The summed E-state index contributed by atoms with van der Waals surface area (Å²) in [6.07, 6.45) is 0. The van der Waals surface area contributed by atoms with E-state index in [2.05, 4.69) is 23.3 Å². The smallest absolute Gasteiger partial charge is 0.264 e. The first-order valence-electron chi connectivity index (χ1n) is 7.70. The number of hydrogen-bond acceptors (Lipinski definition) is 5. The van der Waals surface area contributed by atoms with Crippen LogP contribution in [0.2, 0.25) is 0 Å². The highest BCUT2D eigenvalue weighted by Crippen LogP contribution is 2.34. The van der Waals surface area contributed by atoms with E-state index >= 15 is 0 Å². The number of thiophene rings is 1. The second-order valence-corrected chi connectivity index (χ2v) is 7.82. The highest BCUT2D eigenvalue weighted by atomic mass is 32.1. The Morgan fingerprint density at radius 1 is 1.26 bits per heavy atom. The first-order valence-corrected chi connectivity index (χ1v) is 9.33. The van der Waals surface area contributed by atoms with Crippen LogP contribution in [0, 0.1) is 0 Å². The minimum absolute atomic E-state index is 0.136. The van der Waals surface area contributed by atoms with E-state index in [0.29, 0.717) is 0 Å². The molecule has 118 valence electrons. The van der Waals surface area contributed by atoms with Crippen LogP contribution in [0.5, 0.6) is 0 Å². The maximum atomic E-state index is 12.7. The van der Waals surface area contributed by atoms with Gasteiger partial charge in [-0.05, 0) is 31.2 Å². The van der Waals surface area contributed by atoms with Crippen LogP contribution in [0.4, 0.5) is 0 Å². The number of carbonyl (C=O) groups excluding carboxylic acids is 1. The molecule has 0 saturated carbocycles. The van der Waals surface area contributed by atoms with Crippen molar-refractivity contribution in [3.05, 3.63) is 41.3 Å². The van der Waals surface area contributed by atoms with Gasteiger partial charge in [-0.3, -0.25) is 4.79 Å². The number of carbonyl (C=O) groups is 1. The van der Waals surface area contributed by atoms with Gasteiger partial charge < -0.3 is 10.2 Å². The van der Waals surface area contributed by atoms with E-state index in [-0.39, 0.29) is 11.9 Å². The summed E-state index contributed by atoms with van der Waals surface area (Å²) in [5.41, 5.74) is 1.02. The fourth-order valence-electron chi connectivity index (χ4n) is 2.83. The molecular formula is C17H17N3OS2. The molecule has 1 N–H and O–H groups in total. The summed E-state index contributed by atoms with van der Waals surface area (Å²) in [5, 5.41) is 4.31. The Labute approximate surface area is 142 Å². The number of thiazole rings is 1. The lowest BCUT2D eigenvalue weighted by molar-refractivity contribution is 0.0661. The number of nitrogens with zero attached hydrogens (tertiary/aromatic N) is 2. The molecule has 2 aromatic heterocycles. The van der Waals surface area contributed by atoms with Crippen LogP contribution in [0.15, 0.2) is 36.4 Å². The van der Waals surface area contributed by atoms with Crippen LogP contribution in [0.25, 0.3) is 20.1 Å². The molecule has 3 aromatic rings. The highest BCUT2D eigenvalue weighted by Gasteiger charge is 2.25. The van der Waals surface area contributed by atoms with Gasteiger partial charge >= 0.3 is 0 Å². The van der Waals surface area contributed by atoms with Gasteiger partial charge in [-0.1, -0.05) is 12.1 Å². The molecule has 3 heterocycles. The van der Waals surface area contributed by atoms with Crippen molar-refractivity contribution in [2.45, 2.75) is 13.0 Å². The Kier molecular flexibility index (Phi) is 3.88. The van der Waals surface area contributed by atoms with Gasteiger partial charge in [-0.25, -0.2) is 4.98 Å². The average molecular weight is 343 g/mol. The van der Waals surface area contributed by atoms with Crippen LogP contribution >= 0.6 is 22.7 Å². The minimum Gasteiger partial charge on any atom is -0.333 e. The zero-order chi connectivity index (χ0) is 15.8. The maximum Gasteiger partial charge on any atom is 0.264 e. The molecule has 0 bridgehead atoms. The first kappa shape index (κ1) is 14.8. The fraction of sp³-hybridized carbons (Fsp3) is 0.294. The van der Waals surface area contributed by atoms with Crippen molar-refractivity contribution in [2.24, 2.45) is 0 Å². The zero-order valence-corrected chi connectivity index (χ0v) is 14.4. The lowest BCUT2D eigenvalue weighted by Gasteiger charge is -2.33. The van der Waals surface area contributed by atoms with Gasteiger partial charge in [-0.15, -0.1) is 22.7 Å². The van der Waals surface area contributed by atoms with Crippen LogP contribution in [-0.2, 0) is 0 Å². The Hall–Kier alpha value is -1.76. The Morgan fingerprint density at radius 2 is 2.13 bits per heavy atom. The highest BCUT2D eigenvalue weighted by molar-refractivity contribution is 7.26. The third-order valence-corrected chi connectivity index (χ3v) is 6.36. The van der Waals surface area contributed by atoms with E-state index in [0.717, 1.165) is 39.9 Å². The van der Waals surface area contributed by atoms with E-state index in [4.69, 9.17) is 0 Å². The van der Waals surface area contributed by atoms with Gasteiger partial charge in [-0.2, -0.15) is 0 Å². The molecule has 1 aromatic carbocycles. The molecule has 1 fully saturated rings. The van der Waals surface area contributed by atoms with Gasteiger partial charge in [0.2, 0.25) is 0 Å². The number of para-hydroxylation sites is 1. The van der Waals surface area contributed by atoms with E-state index < -0.39 is 0 Å². The molecule has 0 unspecified atom stereocenters. The Balaban J connectivity index is 1.62. The molecule has 0 aliphatic carbocycles. The third kappa shape index (κ3) is 2.78. The molecule has 1 aliphatic heterocycles. The minimum atomic E-state index is 0.136. The van der Waals surface area contributed by atoms with Crippen LogP contribution in [0.3, 0.4) is 0 Å². The van der Waals surface area contributed by atoms with Crippen LogP contribution < -0.4 is 5.32 Å². The van der Waals surface area contributed by atoms with Crippen molar-refractivity contribution in [1.82, 2.24) is 15.2 Å². The summed E-state index contributed by atoms with van der Waals surface area (Å²) in [5.74, 6) is 0.136. The summed E-state index contributed by atoms with van der Waals surface area (Å²) in [6, 6.07) is 12.3. The van der Waals surface area contributed by atoms with Crippen molar-refractivity contribution < 1.29 is 4.79 Å². The number of amides is 1. The number of rotatable bonds is 2. The van der Waals surface area contributed by atoms with E-state index in [9.17, 15) is 4.79 Å². The lowest BCUT2D eigenvalue weighted by Crippen LogP contribution is -2.52.